The van der Waals surface area contributed by atoms with Crippen LogP contribution < -0.4 is 11.3 Å². The number of pyridine rings is 1. The fraction of sp³-hybridized carbons (Fsp3) is 0. The van der Waals surface area contributed by atoms with Crippen molar-refractivity contribution in [3.8, 4) is 5.69 Å². The number of nitrogens with zero attached hydrogens (tertiary/aromatic N) is 1. The van der Waals surface area contributed by atoms with Crippen molar-refractivity contribution in [2.24, 2.45) is 0 Å². The molecule has 0 spiro atoms. The topological polar surface area (TPSA) is 48.0 Å². The van der Waals surface area contributed by atoms with Crippen LogP contribution in [0.3, 0.4) is 0 Å². The lowest BCUT2D eigenvalue weighted by molar-refractivity contribution is 1.04. The predicted molar refractivity (Wildman–Crippen MR) is 74.0 cm³/mol. The van der Waals surface area contributed by atoms with Gasteiger partial charge < -0.3 is 5.73 Å². The van der Waals surface area contributed by atoms with Crippen LogP contribution in [0.4, 0.5) is 5.69 Å². The Bertz CT molecular complexity index is 760. The van der Waals surface area contributed by atoms with Gasteiger partial charge in [-0.2, -0.15) is 0 Å². The second kappa shape index (κ2) is 4.04. The van der Waals surface area contributed by atoms with Crippen LogP contribution in [0.1, 0.15) is 0 Å². The zero-order valence-corrected chi connectivity index (χ0v) is 9.71. The Kier molecular flexibility index (Phi) is 2.38. The lowest BCUT2D eigenvalue weighted by atomic mass is 10.1. The van der Waals surface area contributed by atoms with Crippen LogP contribution in [0.5, 0.6) is 0 Å². The highest BCUT2D eigenvalue weighted by atomic mass is 16.1. The standard InChI is InChI=1S/C15H12N2O/c16-13-10-15(18)17(11-6-2-1-3-7-11)14-9-5-4-8-12(13)14/h1-10H,16H2. The number of aromatic nitrogens is 1. The molecule has 0 unspecified atom stereocenters. The van der Waals surface area contributed by atoms with E-state index in [0.29, 0.717) is 5.69 Å². The van der Waals surface area contributed by atoms with E-state index in [1.807, 2.05) is 54.6 Å². The number of hydrogen-bond acceptors (Lipinski definition) is 2. The van der Waals surface area contributed by atoms with Crippen LogP contribution in [-0.4, -0.2) is 4.57 Å². The minimum absolute atomic E-state index is 0.114. The van der Waals surface area contributed by atoms with Crippen molar-refractivity contribution in [2.75, 3.05) is 5.73 Å². The lowest BCUT2D eigenvalue weighted by Gasteiger charge is -2.11. The van der Waals surface area contributed by atoms with E-state index < -0.39 is 0 Å². The molecule has 0 atom stereocenters. The average molecular weight is 236 g/mol. The average Bonchev–Trinajstić information content (AvgIpc) is 2.40. The summed E-state index contributed by atoms with van der Waals surface area (Å²) < 4.78 is 1.67. The first kappa shape index (κ1) is 10.6. The number of hydrogen-bond donors (Lipinski definition) is 1. The van der Waals surface area contributed by atoms with Crippen LogP contribution in [-0.2, 0) is 0 Å². The van der Waals surface area contributed by atoms with Crippen LogP contribution in [0.2, 0.25) is 0 Å². The van der Waals surface area contributed by atoms with Gasteiger partial charge in [-0.05, 0) is 18.2 Å². The van der Waals surface area contributed by atoms with Crippen molar-refractivity contribution in [1.29, 1.82) is 0 Å². The van der Waals surface area contributed by atoms with Crippen LogP contribution in [0.15, 0.2) is 65.5 Å². The fourth-order valence-corrected chi connectivity index (χ4v) is 2.15. The van der Waals surface area contributed by atoms with E-state index >= 15 is 0 Å². The molecule has 0 bridgehead atoms. The quantitative estimate of drug-likeness (QED) is 0.706. The fourth-order valence-electron chi connectivity index (χ4n) is 2.15. The van der Waals surface area contributed by atoms with Crippen LogP contribution in [0, 0.1) is 0 Å². The minimum atomic E-state index is -0.114. The first-order valence-corrected chi connectivity index (χ1v) is 5.73. The number of rotatable bonds is 1. The molecule has 0 fully saturated rings. The summed E-state index contributed by atoms with van der Waals surface area (Å²) in [6, 6.07) is 18.7. The van der Waals surface area contributed by atoms with Gasteiger partial charge in [-0.3, -0.25) is 9.36 Å². The largest absolute Gasteiger partial charge is 0.398 e. The lowest BCUT2D eigenvalue weighted by Crippen LogP contribution is -2.18. The Morgan fingerprint density at radius 1 is 0.889 bits per heavy atom. The molecule has 0 aliphatic rings. The SMILES string of the molecule is Nc1cc(=O)n(-c2ccccc2)c2ccccc12. The summed E-state index contributed by atoms with van der Waals surface area (Å²) in [6.45, 7) is 0. The maximum Gasteiger partial charge on any atom is 0.257 e. The first-order chi connectivity index (χ1) is 8.77. The van der Waals surface area contributed by atoms with Gasteiger partial charge in [0.05, 0.1) is 5.52 Å². The van der Waals surface area contributed by atoms with E-state index in [1.165, 1.54) is 6.07 Å². The van der Waals surface area contributed by atoms with E-state index in [0.717, 1.165) is 16.6 Å². The Morgan fingerprint density at radius 2 is 1.56 bits per heavy atom. The van der Waals surface area contributed by atoms with E-state index in [4.69, 9.17) is 5.73 Å². The van der Waals surface area contributed by atoms with Crippen molar-refractivity contribution in [3.05, 3.63) is 71.0 Å². The number of benzene rings is 2. The van der Waals surface area contributed by atoms with Gasteiger partial charge in [-0.25, -0.2) is 0 Å². The Morgan fingerprint density at radius 3 is 2.33 bits per heavy atom. The van der Waals surface area contributed by atoms with Crippen LogP contribution in [0.25, 0.3) is 16.6 Å². The molecule has 3 rings (SSSR count). The second-order valence-electron chi connectivity index (χ2n) is 4.13. The van der Waals surface area contributed by atoms with Crippen molar-refractivity contribution >= 4 is 16.6 Å². The third-order valence-corrected chi connectivity index (χ3v) is 2.97. The number of para-hydroxylation sites is 2. The Labute approximate surface area is 104 Å². The first-order valence-electron chi connectivity index (χ1n) is 5.73. The third-order valence-electron chi connectivity index (χ3n) is 2.97. The summed E-state index contributed by atoms with van der Waals surface area (Å²) in [5, 5.41) is 0.890. The van der Waals surface area contributed by atoms with Gasteiger partial charge in [-0.15, -0.1) is 0 Å². The highest BCUT2D eigenvalue weighted by Gasteiger charge is 2.07. The number of nitrogens with two attached hydrogens (primary N) is 1. The normalized spacial score (nSPS) is 10.7. The van der Waals surface area contributed by atoms with Gasteiger partial charge in [0, 0.05) is 22.8 Å². The van der Waals surface area contributed by atoms with Crippen molar-refractivity contribution in [3.63, 3.8) is 0 Å². The molecule has 3 nitrogen and oxygen atoms in total. The van der Waals surface area contributed by atoms with Gasteiger partial charge in [-0.1, -0.05) is 36.4 Å². The maximum absolute atomic E-state index is 12.1. The molecule has 2 aromatic carbocycles. The summed E-state index contributed by atoms with van der Waals surface area (Å²) in [7, 11) is 0. The minimum Gasteiger partial charge on any atom is -0.398 e. The van der Waals surface area contributed by atoms with Gasteiger partial charge in [0.2, 0.25) is 0 Å². The molecular weight excluding hydrogens is 224 g/mol. The zero-order chi connectivity index (χ0) is 12.5. The molecule has 0 amide bonds. The molecule has 3 heteroatoms. The molecule has 0 aliphatic carbocycles. The van der Waals surface area contributed by atoms with Gasteiger partial charge in [0.15, 0.2) is 0 Å². The summed E-state index contributed by atoms with van der Waals surface area (Å²) in [4.78, 5) is 12.1. The van der Waals surface area contributed by atoms with Crippen molar-refractivity contribution < 1.29 is 0 Å². The van der Waals surface area contributed by atoms with Crippen LogP contribution >= 0.6 is 0 Å². The zero-order valence-electron chi connectivity index (χ0n) is 9.71. The predicted octanol–water partition coefficient (Wildman–Crippen LogP) is 2.57. The molecule has 3 aromatic rings. The molecule has 0 aliphatic heterocycles. The number of anilines is 1. The van der Waals surface area contributed by atoms with E-state index in [1.54, 1.807) is 4.57 Å². The molecule has 18 heavy (non-hydrogen) atoms. The van der Waals surface area contributed by atoms with E-state index in [2.05, 4.69) is 0 Å². The molecule has 88 valence electrons. The maximum atomic E-state index is 12.1. The molecular formula is C15H12N2O. The van der Waals surface area contributed by atoms with Gasteiger partial charge >= 0.3 is 0 Å². The summed E-state index contributed by atoms with van der Waals surface area (Å²) in [5.41, 5.74) is 7.97. The van der Waals surface area contributed by atoms with E-state index in [-0.39, 0.29) is 5.56 Å². The van der Waals surface area contributed by atoms with E-state index in [9.17, 15) is 4.79 Å². The smallest absolute Gasteiger partial charge is 0.257 e. The Hall–Kier alpha value is -2.55. The second-order valence-corrected chi connectivity index (χ2v) is 4.13. The number of nitrogen functional groups attached to an aromatic ring is 1. The molecule has 0 saturated carbocycles. The summed E-state index contributed by atoms with van der Waals surface area (Å²) in [5.74, 6) is 0. The molecule has 2 N–H and O–H groups in total. The summed E-state index contributed by atoms with van der Waals surface area (Å²) in [6.07, 6.45) is 0. The molecule has 0 radical (unpaired) electrons. The van der Waals surface area contributed by atoms with Gasteiger partial charge in [0.25, 0.3) is 5.56 Å². The summed E-state index contributed by atoms with van der Waals surface area (Å²) >= 11 is 0. The van der Waals surface area contributed by atoms with Crippen molar-refractivity contribution in [2.45, 2.75) is 0 Å². The molecule has 1 heterocycles. The highest BCUT2D eigenvalue weighted by Crippen LogP contribution is 2.20. The highest BCUT2D eigenvalue weighted by molar-refractivity contribution is 5.91. The monoisotopic (exact) mass is 236 g/mol. The molecule has 1 aromatic heterocycles. The molecule has 0 saturated heterocycles. The Balaban J connectivity index is 2.46. The number of fused-ring (bicyclic) bond motifs is 1. The third kappa shape index (κ3) is 1.57. The van der Waals surface area contributed by atoms with Gasteiger partial charge in [0.1, 0.15) is 0 Å². The van der Waals surface area contributed by atoms with Crippen molar-refractivity contribution in [1.82, 2.24) is 4.57 Å².